The number of nitrogens with zero attached hydrogens (tertiary/aromatic N) is 3. The number of rotatable bonds is 4. The number of benzene rings is 1. The molecular weight excluding hydrogens is 438 g/mol. The molecular formula is C19H18F4N5O4+. The fourth-order valence-corrected chi connectivity index (χ4v) is 3.82. The smallest absolute Gasteiger partial charge is 0.408 e. The second-order valence-electron chi connectivity index (χ2n) is 7.16. The molecule has 0 saturated heterocycles. The number of primary amides is 2. The fourth-order valence-electron chi connectivity index (χ4n) is 3.82. The first kappa shape index (κ1) is 22.9. The number of quaternary nitrogens is 1. The molecule has 2 atom stereocenters. The topological polar surface area (TPSA) is 133 Å². The van der Waals surface area contributed by atoms with Crippen molar-refractivity contribution in [1.29, 1.82) is 5.26 Å². The lowest BCUT2D eigenvalue weighted by Gasteiger charge is -2.41. The fraction of sp³-hybridized carbons (Fsp3) is 0.316. The number of halogens is 4. The highest BCUT2D eigenvalue weighted by Gasteiger charge is 2.57. The van der Waals surface area contributed by atoms with E-state index in [9.17, 15) is 32.4 Å². The summed E-state index contributed by atoms with van der Waals surface area (Å²) in [6.45, 7) is -0.444. The molecule has 2 heterocycles. The van der Waals surface area contributed by atoms with E-state index in [2.05, 4.69) is 0 Å². The van der Waals surface area contributed by atoms with Crippen LogP contribution in [0.1, 0.15) is 18.3 Å². The first-order valence-electron chi connectivity index (χ1n) is 9.21. The van der Waals surface area contributed by atoms with Gasteiger partial charge in [-0.2, -0.15) is 18.4 Å². The number of nitrogens with two attached hydrogens (primary N) is 2. The van der Waals surface area contributed by atoms with Gasteiger partial charge in [-0.1, -0.05) is 12.1 Å². The number of fused-ring (bicyclic) bond motifs is 1. The SMILES string of the molecule is C[C@@H](C(F)(F)F)[N+]1(OC(N)=O)CCn2c(C#N)c(-c3cccc(F)c3)c(OC(N)=O)c2C1. The van der Waals surface area contributed by atoms with Crippen molar-refractivity contribution < 1.29 is 41.4 Å². The monoisotopic (exact) mass is 456 g/mol. The number of carbonyl (C=O) groups is 2. The minimum Gasteiger partial charge on any atom is -0.408 e. The van der Waals surface area contributed by atoms with Gasteiger partial charge in [0, 0.05) is 6.92 Å². The zero-order valence-corrected chi connectivity index (χ0v) is 16.6. The zero-order valence-electron chi connectivity index (χ0n) is 16.6. The normalized spacial score (nSPS) is 18.9. The molecule has 0 aliphatic carbocycles. The quantitative estimate of drug-likeness (QED) is 0.539. The van der Waals surface area contributed by atoms with Gasteiger partial charge in [-0.15, -0.1) is 4.65 Å². The minimum atomic E-state index is -4.78. The highest BCUT2D eigenvalue weighted by molar-refractivity contribution is 5.81. The van der Waals surface area contributed by atoms with Crippen LogP contribution in [0.4, 0.5) is 27.2 Å². The van der Waals surface area contributed by atoms with Crippen molar-refractivity contribution >= 4 is 12.2 Å². The molecule has 4 N–H and O–H groups in total. The maximum atomic E-state index is 13.8. The Bertz CT molecular complexity index is 1120. The number of alkyl halides is 3. The molecule has 1 aromatic carbocycles. The Kier molecular flexibility index (Phi) is 5.75. The van der Waals surface area contributed by atoms with Gasteiger partial charge >= 0.3 is 18.4 Å². The largest absolute Gasteiger partial charge is 0.459 e. The van der Waals surface area contributed by atoms with Crippen molar-refractivity contribution in [2.24, 2.45) is 11.5 Å². The lowest BCUT2D eigenvalue weighted by molar-refractivity contribution is -1.12. The van der Waals surface area contributed by atoms with Crippen molar-refractivity contribution in [3.8, 4) is 22.9 Å². The Labute approximate surface area is 178 Å². The molecule has 0 radical (unpaired) electrons. The molecule has 13 heteroatoms. The Morgan fingerprint density at radius 2 is 1.97 bits per heavy atom. The predicted molar refractivity (Wildman–Crippen MR) is 99.8 cm³/mol. The van der Waals surface area contributed by atoms with E-state index in [-0.39, 0.29) is 34.8 Å². The summed E-state index contributed by atoms with van der Waals surface area (Å²) < 4.78 is 59.8. The predicted octanol–water partition coefficient (Wildman–Crippen LogP) is 2.91. The standard InChI is InChI=1S/C19H17F4N5O4/c1-10(19(21,22)23)28(32-18(26)30)6-5-27-13(8-24)15(11-3-2-4-12(20)7-11)16(14(27)9-28)31-17(25)29/h2-4,7,10H,5-6,9H2,1H3,(H3-,25,26,29,30)/p+1/t10-,28?/m0/s1. The average Bonchev–Trinajstić information content (AvgIpc) is 2.98. The van der Waals surface area contributed by atoms with Gasteiger partial charge in [0.05, 0.1) is 12.1 Å². The van der Waals surface area contributed by atoms with E-state index >= 15 is 0 Å². The molecule has 2 amide bonds. The summed E-state index contributed by atoms with van der Waals surface area (Å²) >= 11 is 0. The van der Waals surface area contributed by atoms with Crippen molar-refractivity contribution in [3.05, 3.63) is 41.5 Å². The van der Waals surface area contributed by atoms with Crippen molar-refractivity contribution in [2.45, 2.75) is 32.2 Å². The third-order valence-corrected chi connectivity index (χ3v) is 5.31. The zero-order chi connectivity index (χ0) is 23.8. The molecule has 1 aromatic heterocycles. The van der Waals surface area contributed by atoms with Crippen LogP contribution in [0.5, 0.6) is 5.75 Å². The first-order valence-corrected chi connectivity index (χ1v) is 9.21. The Balaban J connectivity index is 2.27. The Hall–Kier alpha value is -3.79. The van der Waals surface area contributed by atoms with Gasteiger partial charge in [-0.05, 0) is 17.7 Å². The van der Waals surface area contributed by atoms with E-state index in [0.29, 0.717) is 0 Å². The summed E-state index contributed by atoms with van der Waals surface area (Å²) in [5, 5.41) is 9.74. The van der Waals surface area contributed by atoms with Crippen LogP contribution in [0.3, 0.4) is 0 Å². The second-order valence-corrected chi connectivity index (χ2v) is 7.16. The number of amides is 2. The summed E-state index contributed by atoms with van der Waals surface area (Å²) in [5.41, 5.74) is 10.1. The molecule has 0 spiro atoms. The number of nitriles is 1. The van der Waals surface area contributed by atoms with Gasteiger partial charge in [-0.25, -0.2) is 14.0 Å². The molecule has 1 unspecified atom stereocenters. The van der Waals surface area contributed by atoms with E-state index < -0.39 is 48.0 Å². The Morgan fingerprint density at radius 1 is 1.28 bits per heavy atom. The van der Waals surface area contributed by atoms with E-state index in [4.69, 9.17) is 21.0 Å². The highest BCUT2D eigenvalue weighted by Crippen LogP contribution is 2.44. The molecule has 1 aliphatic heterocycles. The molecule has 32 heavy (non-hydrogen) atoms. The number of hydrogen-bond acceptors (Lipinski definition) is 5. The highest BCUT2D eigenvalue weighted by atomic mass is 19.4. The van der Waals surface area contributed by atoms with Gasteiger partial charge in [0.25, 0.3) is 0 Å². The number of hydroxylamine groups is 3. The van der Waals surface area contributed by atoms with E-state index in [0.717, 1.165) is 19.1 Å². The van der Waals surface area contributed by atoms with E-state index in [1.165, 1.54) is 16.7 Å². The van der Waals surface area contributed by atoms with Gasteiger partial charge in [-0.3, -0.25) is 4.84 Å². The van der Waals surface area contributed by atoms with Crippen LogP contribution in [0.25, 0.3) is 11.1 Å². The van der Waals surface area contributed by atoms with Gasteiger partial charge < -0.3 is 20.8 Å². The molecule has 2 aromatic rings. The summed E-state index contributed by atoms with van der Waals surface area (Å²) in [4.78, 5) is 28.0. The van der Waals surface area contributed by atoms with Crippen LogP contribution in [0.2, 0.25) is 0 Å². The van der Waals surface area contributed by atoms with Crippen molar-refractivity contribution in [2.75, 3.05) is 6.54 Å². The maximum absolute atomic E-state index is 13.8. The summed E-state index contributed by atoms with van der Waals surface area (Å²) in [6, 6.07) is 4.69. The maximum Gasteiger partial charge on any atom is 0.459 e. The van der Waals surface area contributed by atoms with E-state index in [1.54, 1.807) is 0 Å². The van der Waals surface area contributed by atoms with Crippen LogP contribution in [-0.2, 0) is 17.9 Å². The molecule has 3 rings (SSSR count). The molecule has 0 bridgehead atoms. The van der Waals surface area contributed by atoms with Gasteiger partial charge in [0.1, 0.15) is 29.8 Å². The molecule has 9 nitrogen and oxygen atoms in total. The summed E-state index contributed by atoms with van der Waals surface area (Å²) in [7, 11) is 0. The number of carbonyl (C=O) groups excluding carboxylic acids is 2. The third kappa shape index (κ3) is 4.04. The average molecular weight is 456 g/mol. The number of hydrogen-bond donors (Lipinski definition) is 2. The van der Waals surface area contributed by atoms with Crippen LogP contribution in [0, 0.1) is 17.1 Å². The summed E-state index contributed by atoms with van der Waals surface area (Å²) in [6.07, 6.45) is -7.52. The van der Waals surface area contributed by atoms with Crippen LogP contribution >= 0.6 is 0 Å². The van der Waals surface area contributed by atoms with Crippen LogP contribution < -0.4 is 16.2 Å². The molecule has 170 valence electrons. The van der Waals surface area contributed by atoms with E-state index in [1.807, 2.05) is 6.07 Å². The molecule has 0 saturated carbocycles. The van der Waals surface area contributed by atoms with Crippen molar-refractivity contribution in [1.82, 2.24) is 4.57 Å². The lowest BCUT2D eigenvalue weighted by Crippen LogP contribution is -2.63. The minimum absolute atomic E-state index is 0.0282. The van der Waals surface area contributed by atoms with Crippen molar-refractivity contribution in [3.63, 3.8) is 0 Å². The molecule has 1 aliphatic rings. The van der Waals surface area contributed by atoms with Gasteiger partial charge in [0.2, 0.25) is 6.04 Å². The van der Waals surface area contributed by atoms with Crippen LogP contribution in [-0.4, -0.2) is 40.2 Å². The summed E-state index contributed by atoms with van der Waals surface area (Å²) in [5.74, 6) is -0.988. The lowest BCUT2D eigenvalue weighted by atomic mass is 10.0. The number of aromatic nitrogens is 1. The first-order chi connectivity index (χ1) is 14.9. The molecule has 0 fully saturated rings. The Morgan fingerprint density at radius 3 is 2.50 bits per heavy atom. The third-order valence-electron chi connectivity index (χ3n) is 5.31. The van der Waals surface area contributed by atoms with Gasteiger partial charge in [0.15, 0.2) is 12.3 Å². The van der Waals surface area contributed by atoms with Crippen LogP contribution in [0.15, 0.2) is 24.3 Å². The second kappa shape index (κ2) is 8.04. The number of ether oxygens (including phenoxy) is 1.